The normalized spacial score (nSPS) is 13.6. The summed E-state index contributed by atoms with van der Waals surface area (Å²) in [5, 5.41) is 0. The van der Waals surface area contributed by atoms with Crippen LogP contribution in [0.2, 0.25) is 0 Å². The highest BCUT2D eigenvalue weighted by atomic mass is 19.4. The minimum Gasteiger partial charge on any atom is -0.383 e. The number of aromatic nitrogens is 2. The van der Waals surface area contributed by atoms with Crippen LogP contribution in [0.4, 0.5) is 27.8 Å². The van der Waals surface area contributed by atoms with E-state index in [0.717, 1.165) is 6.07 Å². The number of allylic oxidation sites excluding steroid dienone is 1. The molecule has 0 bridgehead atoms. The highest BCUT2D eigenvalue weighted by molar-refractivity contribution is 5.41. The summed E-state index contributed by atoms with van der Waals surface area (Å²) >= 11 is 0. The van der Waals surface area contributed by atoms with E-state index in [9.17, 15) is 26.7 Å². The summed E-state index contributed by atoms with van der Waals surface area (Å²) < 4.78 is 60.4. The molecule has 0 fully saturated rings. The molecule has 0 radical (unpaired) electrons. The third-order valence-electron chi connectivity index (χ3n) is 1.47. The number of anilines is 1. The molecule has 0 saturated carbocycles. The quantitative estimate of drug-likeness (QED) is 0.757. The molecule has 0 unspecified atom stereocenters. The molecule has 1 heterocycles. The fraction of sp³-hybridized carbons (Fsp3) is 0.143. The Labute approximate surface area is 84.8 Å². The first kappa shape index (κ1) is 12.1. The van der Waals surface area contributed by atoms with Gasteiger partial charge in [-0.2, -0.15) is 26.9 Å². The molecule has 0 amide bonds. The molecule has 1 rings (SSSR count). The largest absolute Gasteiger partial charge is 0.447 e. The number of nitrogens with two attached hydrogens (primary N) is 1. The number of hydrogen-bond donors (Lipinski definition) is 1. The Morgan fingerprint density at radius 3 is 2.38 bits per heavy atom. The van der Waals surface area contributed by atoms with Gasteiger partial charge in [0.1, 0.15) is 5.82 Å². The molecule has 0 spiro atoms. The summed E-state index contributed by atoms with van der Waals surface area (Å²) in [4.78, 5) is 13.8. The molecule has 0 saturated heterocycles. The molecule has 0 aromatic carbocycles. The van der Waals surface area contributed by atoms with Gasteiger partial charge in [0.05, 0.1) is 0 Å². The van der Waals surface area contributed by atoms with Gasteiger partial charge in [-0.05, 0) is 6.07 Å². The Morgan fingerprint density at radius 2 is 1.94 bits per heavy atom. The zero-order valence-electron chi connectivity index (χ0n) is 7.42. The number of nitrogen functional groups attached to an aromatic ring is 1. The molecule has 0 aliphatic carbocycles. The van der Waals surface area contributed by atoms with Crippen LogP contribution in [0.1, 0.15) is 0 Å². The third-order valence-corrected chi connectivity index (χ3v) is 1.47. The van der Waals surface area contributed by atoms with Gasteiger partial charge < -0.3 is 5.73 Å². The molecule has 4 nitrogen and oxygen atoms in total. The van der Waals surface area contributed by atoms with Crippen molar-refractivity contribution in [2.45, 2.75) is 6.18 Å². The monoisotopic (exact) mass is 241 g/mol. The minimum atomic E-state index is -5.51. The van der Waals surface area contributed by atoms with Crippen LogP contribution in [0.5, 0.6) is 0 Å². The number of hydrogen-bond acceptors (Lipinski definition) is 3. The van der Waals surface area contributed by atoms with E-state index in [2.05, 4.69) is 4.98 Å². The van der Waals surface area contributed by atoms with Gasteiger partial charge in [-0.25, -0.2) is 9.36 Å². The maximum atomic E-state index is 12.9. The fourth-order valence-corrected chi connectivity index (χ4v) is 0.788. The highest BCUT2D eigenvalue weighted by Gasteiger charge is 2.39. The first-order valence-corrected chi connectivity index (χ1v) is 3.71. The van der Waals surface area contributed by atoms with E-state index in [1.165, 1.54) is 0 Å². The molecule has 0 aliphatic rings. The molecule has 1 aromatic rings. The second kappa shape index (κ2) is 3.91. The maximum absolute atomic E-state index is 12.9. The van der Waals surface area contributed by atoms with E-state index in [1.807, 2.05) is 0 Å². The first-order chi connectivity index (χ1) is 7.23. The average molecular weight is 241 g/mol. The zero-order chi connectivity index (χ0) is 12.5. The lowest BCUT2D eigenvalue weighted by molar-refractivity contribution is -0.109. The van der Waals surface area contributed by atoms with Crippen molar-refractivity contribution < 1.29 is 22.0 Å². The van der Waals surface area contributed by atoms with Crippen LogP contribution in [0.25, 0.3) is 5.95 Å². The lowest BCUT2D eigenvalue weighted by Gasteiger charge is -2.06. The van der Waals surface area contributed by atoms with Gasteiger partial charge in [0, 0.05) is 6.20 Å². The van der Waals surface area contributed by atoms with Crippen molar-refractivity contribution in [2.75, 3.05) is 5.73 Å². The van der Waals surface area contributed by atoms with Gasteiger partial charge in [0.2, 0.25) is 5.95 Å². The zero-order valence-corrected chi connectivity index (χ0v) is 7.42. The summed E-state index contributed by atoms with van der Waals surface area (Å²) in [6, 6.07) is 0.852. The maximum Gasteiger partial charge on any atom is 0.447 e. The van der Waals surface area contributed by atoms with Gasteiger partial charge in [-0.1, -0.05) is 0 Å². The van der Waals surface area contributed by atoms with Gasteiger partial charge in [-0.3, -0.25) is 0 Å². The fourth-order valence-electron chi connectivity index (χ4n) is 0.788. The molecular formula is C7H4F5N3O. The van der Waals surface area contributed by atoms with Gasteiger partial charge in [0.15, 0.2) is 0 Å². The molecule has 88 valence electrons. The van der Waals surface area contributed by atoms with E-state index < -0.39 is 23.6 Å². The van der Waals surface area contributed by atoms with Crippen molar-refractivity contribution >= 4 is 11.8 Å². The van der Waals surface area contributed by atoms with Crippen LogP contribution in [-0.4, -0.2) is 15.7 Å². The smallest absolute Gasteiger partial charge is 0.383 e. The van der Waals surface area contributed by atoms with Gasteiger partial charge in [-0.15, -0.1) is 0 Å². The van der Waals surface area contributed by atoms with Crippen LogP contribution in [0.3, 0.4) is 0 Å². The Morgan fingerprint density at radius 1 is 1.38 bits per heavy atom. The molecule has 0 aliphatic heterocycles. The second-order valence-electron chi connectivity index (χ2n) is 2.61. The summed E-state index contributed by atoms with van der Waals surface area (Å²) in [6.07, 6.45) is -4.96. The SMILES string of the molecule is Nc1ccn(/C(F)=C(\F)C(F)(F)F)c(=O)n1. The lowest BCUT2D eigenvalue weighted by Crippen LogP contribution is -2.23. The number of rotatable bonds is 1. The Hall–Kier alpha value is -1.93. The van der Waals surface area contributed by atoms with Crippen molar-refractivity contribution in [3.63, 3.8) is 0 Å². The van der Waals surface area contributed by atoms with Crippen molar-refractivity contribution in [1.82, 2.24) is 9.55 Å². The van der Waals surface area contributed by atoms with Crippen LogP contribution in [0, 0.1) is 0 Å². The summed E-state index contributed by atoms with van der Waals surface area (Å²) in [5.41, 5.74) is 3.56. The Bertz CT molecular complexity index is 490. The standard InChI is InChI=1S/C7H4F5N3O/c8-4(7(10,11)12)5(9)15-2-1-3(13)14-6(15)16/h1-2H,(H2,13,14,16)/b5-4-. The van der Waals surface area contributed by atoms with E-state index >= 15 is 0 Å². The van der Waals surface area contributed by atoms with E-state index in [4.69, 9.17) is 5.73 Å². The minimum absolute atomic E-state index is 0.237. The summed E-state index contributed by atoms with van der Waals surface area (Å²) in [6.45, 7) is 0. The average Bonchev–Trinajstić information content (AvgIpc) is 2.14. The predicted molar refractivity (Wildman–Crippen MR) is 44.4 cm³/mol. The first-order valence-electron chi connectivity index (χ1n) is 3.71. The van der Waals surface area contributed by atoms with Crippen molar-refractivity contribution in [3.8, 4) is 0 Å². The molecule has 16 heavy (non-hydrogen) atoms. The topological polar surface area (TPSA) is 60.9 Å². The second-order valence-corrected chi connectivity index (χ2v) is 2.61. The summed E-state index contributed by atoms with van der Waals surface area (Å²) in [7, 11) is 0. The highest BCUT2D eigenvalue weighted by Crippen LogP contribution is 2.30. The van der Waals surface area contributed by atoms with Gasteiger partial charge >= 0.3 is 11.9 Å². The van der Waals surface area contributed by atoms with Crippen LogP contribution >= 0.6 is 0 Å². The van der Waals surface area contributed by atoms with E-state index in [-0.39, 0.29) is 10.4 Å². The van der Waals surface area contributed by atoms with Crippen LogP contribution < -0.4 is 11.4 Å². The number of alkyl halides is 3. The van der Waals surface area contributed by atoms with E-state index in [0.29, 0.717) is 6.20 Å². The number of nitrogens with zero attached hydrogens (tertiary/aromatic N) is 2. The van der Waals surface area contributed by atoms with E-state index in [1.54, 1.807) is 0 Å². The molecule has 0 atom stereocenters. The molecule has 1 aromatic heterocycles. The number of halogens is 5. The van der Waals surface area contributed by atoms with Crippen molar-refractivity contribution in [1.29, 1.82) is 0 Å². The van der Waals surface area contributed by atoms with Crippen LogP contribution in [0.15, 0.2) is 22.9 Å². The molecule has 2 N–H and O–H groups in total. The van der Waals surface area contributed by atoms with Crippen molar-refractivity contribution in [3.05, 3.63) is 28.6 Å². The lowest BCUT2D eigenvalue weighted by atomic mass is 10.5. The predicted octanol–water partition coefficient (Wildman–Crippen LogP) is 1.45. The Kier molecular flexibility index (Phi) is 2.97. The van der Waals surface area contributed by atoms with Crippen molar-refractivity contribution in [2.24, 2.45) is 0 Å². The Balaban J connectivity index is 3.35. The van der Waals surface area contributed by atoms with Gasteiger partial charge in [0.25, 0.3) is 5.83 Å². The summed E-state index contributed by atoms with van der Waals surface area (Å²) in [5.74, 6) is -5.72. The molecule has 9 heteroatoms. The third kappa shape index (κ3) is 2.35. The van der Waals surface area contributed by atoms with Crippen LogP contribution in [-0.2, 0) is 0 Å². The molecular weight excluding hydrogens is 237 g/mol.